The SMILES string of the molecule is CC.CC.CC.CC.CC.CC.CC.CC.CC1CCC2(CNC(=O)N2)C1C.CC1CCC2(CNC(=O)N2)C1C.CC1CCC2(NC(=O)NC2=O)C1C.CC1CCC2(NC(=O)NC2=O)C1C.CC1CCCC2(CNC(=O)N2)C1C.CC1CCCC2(NC(=O)C(=O)N2)C1C.CC1CCCC2(NC(=O)NC2=O)C1C.CC1CCCC2(NC(=O)NC2=O)C1C. The topological polar surface area (TPSA) is 414 Å². The van der Waals surface area contributed by atoms with Crippen molar-refractivity contribution in [2.75, 3.05) is 19.6 Å². The molecule has 20 amide bonds. The molecule has 0 bridgehead atoms. The molecule has 16 N–H and O–H groups in total. The van der Waals surface area contributed by atoms with Crippen molar-refractivity contribution in [2.45, 2.75) is 394 Å². The number of urea groups is 7. The van der Waals surface area contributed by atoms with Crippen molar-refractivity contribution in [3.8, 4) is 0 Å². The Bertz CT molecular complexity index is 3190. The summed E-state index contributed by atoms with van der Waals surface area (Å²) in [4.78, 5) is 146. The van der Waals surface area contributed by atoms with Gasteiger partial charge in [0.2, 0.25) is 0 Å². The van der Waals surface area contributed by atoms with E-state index in [2.05, 4.69) is 182 Å². The number of carbonyl (C=O) groups is 13. The number of hydrogen-bond acceptors (Lipinski definition) is 13. The fourth-order valence-corrected chi connectivity index (χ4v) is 20.5. The Morgan fingerprint density at radius 2 is 0.413 bits per heavy atom. The Hall–Kier alpha value is -7.49. The summed E-state index contributed by atoms with van der Waals surface area (Å²) in [5.74, 6) is 6.27. The zero-order valence-corrected chi connectivity index (χ0v) is 81.3. The Morgan fingerprint density at radius 3 is 0.645 bits per heavy atom. The third-order valence-corrected chi connectivity index (χ3v) is 29.9. The van der Waals surface area contributed by atoms with Crippen molar-refractivity contribution in [1.82, 2.24) is 85.1 Å². The maximum Gasteiger partial charge on any atom is 0.322 e. The molecule has 16 rings (SSSR count). The van der Waals surface area contributed by atoms with Crippen LogP contribution in [0.5, 0.6) is 0 Å². The van der Waals surface area contributed by atoms with Gasteiger partial charge in [-0.25, -0.2) is 33.6 Å². The quantitative estimate of drug-likeness (QED) is 0.0793. The molecular formula is C92H174N16O13. The second-order valence-electron chi connectivity index (χ2n) is 35.1. The van der Waals surface area contributed by atoms with E-state index in [1.807, 2.05) is 125 Å². The lowest BCUT2D eigenvalue weighted by Crippen LogP contribution is -2.58. The zero-order valence-electron chi connectivity index (χ0n) is 81.3. The summed E-state index contributed by atoms with van der Waals surface area (Å²) in [6, 6.07) is -1.32. The minimum absolute atomic E-state index is 0.0101. The van der Waals surface area contributed by atoms with Crippen LogP contribution in [0.15, 0.2) is 0 Å². The predicted octanol–water partition coefficient (Wildman–Crippen LogP) is 15.6. The zero-order chi connectivity index (χ0) is 93.3. The first-order valence-electron chi connectivity index (χ1n) is 47.6. The van der Waals surface area contributed by atoms with Crippen LogP contribution in [0.25, 0.3) is 0 Å². The molecule has 8 aliphatic heterocycles. The fraction of sp³-hybridized carbons (Fsp3) is 0.859. The first kappa shape index (κ1) is 112. The fourth-order valence-electron chi connectivity index (χ4n) is 20.5. The molecule has 0 aromatic carbocycles. The van der Waals surface area contributed by atoms with Gasteiger partial charge in [0.15, 0.2) is 0 Å². The summed E-state index contributed by atoms with van der Waals surface area (Å²) < 4.78 is 0. The van der Waals surface area contributed by atoms with Crippen LogP contribution in [0.1, 0.15) is 350 Å². The van der Waals surface area contributed by atoms with Crippen molar-refractivity contribution in [2.24, 2.45) is 94.7 Å². The van der Waals surface area contributed by atoms with Crippen LogP contribution in [0.4, 0.5) is 33.6 Å². The summed E-state index contributed by atoms with van der Waals surface area (Å²) >= 11 is 0. The average Bonchev–Trinajstić information content (AvgIpc) is 1.59. The highest BCUT2D eigenvalue weighted by Crippen LogP contribution is 2.47. The van der Waals surface area contributed by atoms with Crippen LogP contribution >= 0.6 is 0 Å². The van der Waals surface area contributed by atoms with Gasteiger partial charge in [0.05, 0.1) is 16.6 Å². The molecule has 29 nitrogen and oxygen atoms in total. The molecule has 8 saturated heterocycles. The van der Waals surface area contributed by atoms with Gasteiger partial charge in [-0.3, -0.25) is 50.0 Å². The molecule has 16 aliphatic rings. The van der Waals surface area contributed by atoms with Gasteiger partial charge in [-0.15, -0.1) is 0 Å². The molecule has 700 valence electrons. The number of rotatable bonds is 0. The van der Waals surface area contributed by atoms with Gasteiger partial charge in [-0.2, -0.15) is 0 Å². The van der Waals surface area contributed by atoms with Gasteiger partial charge >= 0.3 is 54.0 Å². The largest absolute Gasteiger partial charge is 0.336 e. The van der Waals surface area contributed by atoms with Crippen LogP contribution in [0.2, 0.25) is 0 Å². The van der Waals surface area contributed by atoms with Crippen molar-refractivity contribution in [1.29, 1.82) is 0 Å². The summed E-state index contributed by atoms with van der Waals surface area (Å²) in [7, 11) is 0. The molecule has 23 atom stereocenters. The Labute approximate surface area is 730 Å². The van der Waals surface area contributed by atoms with Crippen LogP contribution < -0.4 is 85.1 Å². The lowest BCUT2D eigenvalue weighted by molar-refractivity contribution is -0.135. The second kappa shape index (κ2) is 50.5. The molecule has 23 unspecified atom stereocenters. The molecule has 29 heteroatoms. The first-order valence-corrected chi connectivity index (χ1v) is 47.6. The molecule has 0 radical (unpaired) electrons. The standard InChI is InChI=1S/3C10H16N2O2.C10H18N2O.2C9H14N2O2.2C9H16N2O.8C2H6/c2*1-6-4-3-5-10(7(6)2)8(13)11-9(14)12-10;1-6-4-3-5-10(7(6)2)11-8(13)9(14)12-10;1-7-4-3-5-10(8(7)2)6-11-9(13)12-10;2*1-5-3-4-9(6(5)2)7(12)10-8(13)11-9;2*1-6-3-4-9(7(6)2)5-10-8(12)11-9;8*1-2/h2*6-7H,3-5H2,1-2H3,(H2,11,12,13,14);6-7H,3-5H2,1-2H3,(H,11,13)(H,12,14);7-8H,3-6H2,1-2H3,(H2,11,12,13);2*5-6H,3-4H2,1-2H3,(H2,10,11,12,13);2*6-7H,3-5H2,1-2H3,(H2,10,11,12);8*1-2H3. The number of amides is 20. The number of nitrogens with one attached hydrogen (secondary N) is 16. The third-order valence-electron chi connectivity index (χ3n) is 29.9. The average molecular weight is 1710 g/mol. The van der Waals surface area contributed by atoms with Crippen LogP contribution in [0, 0.1) is 94.7 Å². The summed E-state index contributed by atoms with van der Waals surface area (Å²) in [6.07, 6.45) is 20.9. The molecule has 121 heavy (non-hydrogen) atoms. The number of hydrogen-bond donors (Lipinski definition) is 16. The monoisotopic (exact) mass is 1710 g/mol. The van der Waals surface area contributed by atoms with Crippen LogP contribution in [-0.2, 0) is 28.8 Å². The van der Waals surface area contributed by atoms with Crippen LogP contribution in [-0.4, -0.2) is 142 Å². The highest BCUT2D eigenvalue weighted by molar-refractivity contribution is 6.37. The maximum absolute atomic E-state index is 11.7. The molecule has 0 aromatic heterocycles. The number of imide groups is 4. The molecule has 0 aromatic rings. The van der Waals surface area contributed by atoms with E-state index in [0.717, 1.165) is 134 Å². The minimum Gasteiger partial charge on any atom is -0.336 e. The Balaban J connectivity index is 0.000000675. The van der Waals surface area contributed by atoms with Gasteiger partial charge < -0.3 is 63.8 Å². The summed E-state index contributed by atoms with van der Waals surface area (Å²) in [5, 5.41) is 43.8. The highest BCUT2D eigenvalue weighted by atomic mass is 16.2. The Morgan fingerprint density at radius 1 is 0.207 bits per heavy atom. The van der Waals surface area contributed by atoms with Crippen molar-refractivity contribution in [3.05, 3.63) is 0 Å². The van der Waals surface area contributed by atoms with E-state index in [9.17, 15) is 62.3 Å². The van der Waals surface area contributed by atoms with Crippen LogP contribution in [0.3, 0.4) is 0 Å². The molecule has 8 aliphatic carbocycles. The van der Waals surface area contributed by atoms with Crippen molar-refractivity contribution >= 4 is 77.7 Å². The molecule has 8 heterocycles. The highest BCUT2D eigenvalue weighted by Gasteiger charge is 2.59. The van der Waals surface area contributed by atoms with Crippen molar-refractivity contribution in [3.63, 3.8) is 0 Å². The minimum atomic E-state index is -0.616. The molecular weight excluding hydrogens is 1540 g/mol. The third kappa shape index (κ3) is 25.6. The van der Waals surface area contributed by atoms with E-state index in [0.29, 0.717) is 53.3 Å². The summed E-state index contributed by atoms with van der Waals surface area (Å²) in [5.41, 5.74) is -2.66. The lowest BCUT2D eigenvalue weighted by atomic mass is 9.68. The van der Waals surface area contributed by atoms with Gasteiger partial charge in [0, 0.05) is 25.6 Å². The first-order chi connectivity index (χ1) is 57.2. The Kier molecular flexibility index (Phi) is 46.5. The van der Waals surface area contributed by atoms with Crippen molar-refractivity contribution < 1.29 is 62.3 Å². The van der Waals surface area contributed by atoms with E-state index < -0.39 is 39.6 Å². The summed E-state index contributed by atoms with van der Waals surface area (Å²) in [6.45, 7) is 69.0. The van der Waals surface area contributed by atoms with E-state index in [1.165, 1.54) is 32.1 Å². The maximum atomic E-state index is 11.7. The smallest absolute Gasteiger partial charge is 0.322 e. The lowest BCUT2D eigenvalue weighted by Gasteiger charge is -2.42. The normalized spacial score (nSPS) is 37.7. The van der Waals surface area contributed by atoms with E-state index in [-0.39, 0.29) is 106 Å². The van der Waals surface area contributed by atoms with E-state index in [1.54, 1.807) is 0 Å². The van der Waals surface area contributed by atoms with E-state index in [4.69, 9.17) is 0 Å². The van der Waals surface area contributed by atoms with E-state index >= 15 is 0 Å². The van der Waals surface area contributed by atoms with Gasteiger partial charge in [-0.1, -0.05) is 267 Å². The number of carbonyl (C=O) groups excluding carboxylic acids is 13. The second-order valence-corrected chi connectivity index (χ2v) is 35.1. The molecule has 8 spiro atoms. The van der Waals surface area contributed by atoms with Gasteiger partial charge in [-0.05, 0) is 172 Å². The van der Waals surface area contributed by atoms with Gasteiger partial charge in [0.1, 0.15) is 27.8 Å². The molecule has 16 fully saturated rings. The van der Waals surface area contributed by atoms with Gasteiger partial charge in [0.25, 0.3) is 23.6 Å². The molecule has 8 saturated carbocycles. The predicted molar refractivity (Wildman–Crippen MR) is 484 cm³/mol.